The summed E-state index contributed by atoms with van der Waals surface area (Å²) in [7, 11) is 0. The van der Waals surface area contributed by atoms with Crippen LogP contribution in [0.4, 0.5) is 14.9 Å². The van der Waals surface area contributed by atoms with Gasteiger partial charge in [0.15, 0.2) is 0 Å². The first kappa shape index (κ1) is 15.3. The number of thioether (sulfide) groups is 1. The van der Waals surface area contributed by atoms with Gasteiger partial charge in [0.25, 0.3) is 0 Å². The molecule has 1 rings (SSSR count). The first-order chi connectivity index (χ1) is 9.02. The molecule has 0 bridgehead atoms. The molecule has 0 aromatic heterocycles. The number of hydrogen-bond acceptors (Lipinski definition) is 4. The lowest BCUT2D eigenvalue weighted by Gasteiger charge is -2.19. The third-order valence-electron chi connectivity index (χ3n) is 2.30. The second kappa shape index (κ2) is 7.63. The molecule has 0 aliphatic rings. The fraction of sp³-hybridized carbons (Fsp3) is 0.333. The second-order valence-corrected chi connectivity index (χ2v) is 4.74. The van der Waals surface area contributed by atoms with Crippen molar-refractivity contribution in [2.75, 3.05) is 17.3 Å². The van der Waals surface area contributed by atoms with E-state index in [2.05, 4.69) is 10.6 Å². The number of anilines is 1. The Labute approximate surface area is 114 Å². The minimum absolute atomic E-state index is 0.278. The second-order valence-electron chi connectivity index (χ2n) is 3.76. The summed E-state index contributed by atoms with van der Waals surface area (Å²) in [6.45, 7) is 0. The molecule has 0 heterocycles. The Morgan fingerprint density at radius 2 is 2.00 bits per heavy atom. The molecule has 104 valence electrons. The molecular weight excluding hydrogens is 271 g/mol. The number of carboxylic acids is 1. The molecular formula is C12H14FN2O3S-. The van der Waals surface area contributed by atoms with Crippen molar-refractivity contribution >= 4 is 29.4 Å². The van der Waals surface area contributed by atoms with Crippen LogP contribution in [0.3, 0.4) is 0 Å². The van der Waals surface area contributed by atoms with Crippen molar-refractivity contribution in [1.82, 2.24) is 5.32 Å². The van der Waals surface area contributed by atoms with Crippen LogP contribution in [0.15, 0.2) is 24.3 Å². The minimum atomic E-state index is -1.33. The quantitative estimate of drug-likeness (QED) is 0.811. The maximum atomic E-state index is 12.7. The summed E-state index contributed by atoms with van der Waals surface area (Å²) in [6.07, 6.45) is 2.12. The highest BCUT2D eigenvalue weighted by molar-refractivity contribution is 7.98. The van der Waals surface area contributed by atoms with Crippen molar-refractivity contribution in [3.05, 3.63) is 30.1 Å². The largest absolute Gasteiger partial charge is 0.548 e. The van der Waals surface area contributed by atoms with Crippen molar-refractivity contribution in [3.8, 4) is 0 Å². The Kier molecular flexibility index (Phi) is 6.14. The Balaban J connectivity index is 2.52. The summed E-state index contributed by atoms with van der Waals surface area (Å²) >= 11 is 1.48. The average molecular weight is 285 g/mol. The van der Waals surface area contributed by atoms with Gasteiger partial charge in [0.05, 0.1) is 12.0 Å². The molecule has 7 heteroatoms. The normalized spacial score (nSPS) is 11.7. The monoisotopic (exact) mass is 285 g/mol. The van der Waals surface area contributed by atoms with E-state index in [9.17, 15) is 19.1 Å². The predicted molar refractivity (Wildman–Crippen MR) is 70.3 cm³/mol. The van der Waals surface area contributed by atoms with Crippen LogP contribution in [0, 0.1) is 5.82 Å². The lowest BCUT2D eigenvalue weighted by molar-refractivity contribution is -0.308. The number of carbonyl (C=O) groups excluding carboxylic acids is 2. The number of aliphatic carboxylic acids is 1. The number of amides is 2. The van der Waals surface area contributed by atoms with Crippen molar-refractivity contribution in [3.63, 3.8) is 0 Å². The van der Waals surface area contributed by atoms with Gasteiger partial charge in [0, 0.05) is 5.69 Å². The van der Waals surface area contributed by atoms with Crippen LogP contribution in [0.1, 0.15) is 6.42 Å². The summed E-state index contributed by atoms with van der Waals surface area (Å²) in [5.74, 6) is -1.16. The third kappa shape index (κ3) is 5.60. The van der Waals surface area contributed by atoms with E-state index in [4.69, 9.17) is 0 Å². The van der Waals surface area contributed by atoms with Crippen LogP contribution in [0.25, 0.3) is 0 Å². The number of urea groups is 1. The van der Waals surface area contributed by atoms with Gasteiger partial charge >= 0.3 is 6.03 Å². The number of rotatable bonds is 6. The van der Waals surface area contributed by atoms with Crippen LogP contribution < -0.4 is 15.7 Å². The summed E-state index contributed by atoms with van der Waals surface area (Å²) in [6, 6.07) is 3.43. The fourth-order valence-electron chi connectivity index (χ4n) is 1.34. The van der Waals surface area contributed by atoms with Gasteiger partial charge in [-0.15, -0.1) is 0 Å². The van der Waals surface area contributed by atoms with Crippen LogP contribution in [0.2, 0.25) is 0 Å². The SMILES string of the molecule is CSCC[C@H](NC(=O)Nc1ccc(F)cc1)C(=O)[O-]. The molecule has 2 N–H and O–H groups in total. The highest BCUT2D eigenvalue weighted by Gasteiger charge is 2.13. The zero-order valence-corrected chi connectivity index (χ0v) is 11.1. The Morgan fingerprint density at radius 3 is 2.53 bits per heavy atom. The summed E-state index contributed by atoms with van der Waals surface area (Å²) in [5.41, 5.74) is 0.376. The van der Waals surface area contributed by atoms with E-state index in [0.717, 1.165) is 0 Å². The number of benzene rings is 1. The lowest BCUT2D eigenvalue weighted by atomic mass is 10.2. The van der Waals surface area contributed by atoms with Gasteiger partial charge in [0.2, 0.25) is 0 Å². The van der Waals surface area contributed by atoms with Crippen LogP contribution in [0.5, 0.6) is 0 Å². The molecule has 19 heavy (non-hydrogen) atoms. The molecule has 0 unspecified atom stereocenters. The molecule has 0 saturated carbocycles. The molecule has 1 atom stereocenters. The van der Waals surface area contributed by atoms with E-state index in [0.29, 0.717) is 11.4 Å². The maximum Gasteiger partial charge on any atom is 0.319 e. The highest BCUT2D eigenvalue weighted by atomic mass is 32.2. The fourth-order valence-corrected chi connectivity index (χ4v) is 1.81. The van der Waals surface area contributed by atoms with Crippen LogP contribution in [-0.4, -0.2) is 30.1 Å². The van der Waals surface area contributed by atoms with Gasteiger partial charge in [0.1, 0.15) is 5.82 Å². The molecule has 0 fully saturated rings. The van der Waals surface area contributed by atoms with Gasteiger partial charge in [-0.25, -0.2) is 9.18 Å². The number of nitrogens with one attached hydrogen (secondary N) is 2. The number of carboxylic acid groups (broad SMARTS) is 1. The molecule has 0 saturated heterocycles. The van der Waals surface area contributed by atoms with Gasteiger partial charge in [-0.05, 0) is 42.7 Å². The molecule has 0 aliphatic heterocycles. The summed E-state index contributed by atoms with van der Waals surface area (Å²) in [4.78, 5) is 22.4. The topological polar surface area (TPSA) is 81.3 Å². The molecule has 1 aromatic rings. The molecule has 0 radical (unpaired) electrons. The van der Waals surface area contributed by atoms with Gasteiger partial charge in [-0.2, -0.15) is 11.8 Å². The van der Waals surface area contributed by atoms with Crippen molar-refractivity contribution in [1.29, 1.82) is 0 Å². The zero-order valence-electron chi connectivity index (χ0n) is 10.3. The molecule has 2 amide bonds. The Hall–Kier alpha value is -1.76. The van der Waals surface area contributed by atoms with E-state index >= 15 is 0 Å². The molecule has 1 aromatic carbocycles. The highest BCUT2D eigenvalue weighted by Crippen LogP contribution is 2.08. The Morgan fingerprint density at radius 1 is 1.37 bits per heavy atom. The van der Waals surface area contributed by atoms with Crippen LogP contribution >= 0.6 is 11.8 Å². The number of halogens is 1. The molecule has 0 aliphatic carbocycles. The van der Waals surface area contributed by atoms with E-state index in [-0.39, 0.29) is 6.42 Å². The van der Waals surface area contributed by atoms with Crippen molar-refractivity contribution in [2.45, 2.75) is 12.5 Å². The predicted octanol–water partition coefficient (Wildman–Crippen LogP) is 0.819. The lowest BCUT2D eigenvalue weighted by Crippen LogP contribution is -2.49. The number of carbonyl (C=O) groups is 2. The van der Waals surface area contributed by atoms with Gasteiger partial charge < -0.3 is 20.5 Å². The molecule has 5 nitrogen and oxygen atoms in total. The average Bonchev–Trinajstić information content (AvgIpc) is 2.37. The molecule has 0 spiro atoms. The summed E-state index contributed by atoms with van der Waals surface area (Å²) in [5, 5.41) is 15.5. The van der Waals surface area contributed by atoms with Crippen molar-refractivity contribution < 1.29 is 19.1 Å². The van der Waals surface area contributed by atoms with Crippen molar-refractivity contribution in [2.24, 2.45) is 0 Å². The van der Waals surface area contributed by atoms with E-state index in [1.807, 2.05) is 6.26 Å². The van der Waals surface area contributed by atoms with Gasteiger partial charge in [-0.3, -0.25) is 0 Å². The zero-order chi connectivity index (χ0) is 14.3. The Bertz CT molecular complexity index is 439. The smallest absolute Gasteiger partial charge is 0.319 e. The number of hydrogen-bond donors (Lipinski definition) is 2. The standard InChI is InChI=1S/C12H15FN2O3S/c1-19-7-6-10(11(16)17)15-12(18)14-9-4-2-8(13)3-5-9/h2-5,10H,6-7H2,1H3,(H,16,17)(H2,14,15,18)/p-1/t10-/m0/s1. The minimum Gasteiger partial charge on any atom is -0.548 e. The van der Waals surface area contributed by atoms with E-state index in [1.165, 1.54) is 36.0 Å². The van der Waals surface area contributed by atoms with Crippen LogP contribution in [-0.2, 0) is 4.79 Å². The van der Waals surface area contributed by atoms with E-state index in [1.54, 1.807) is 0 Å². The first-order valence-electron chi connectivity index (χ1n) is 5.56. The first-order valence-corrected chi connectivity index (χ1v) is 6.95. The maximum absolute atomic E-state index is 12.7. The third-order valence-corrected chi connectivity index (χ3v) is 2.95. The van der Waals surface area contributed by atoms with Gasteiger partial charge in [-0.1, -0.05) is 0 Å². The summed E-state index contributed by atoms with van der Waals surface area (Å²) < 4.78 is 12.7. The van der Waals surface area contributed by atoms with E-state index < -0.39 is 23.9 Å².